The number of nitrogens with one attached hydrogen (secondary N) is 1. The second-order valence-electron chi connectivity index (χ2n) is 2.46. The summed E-state index contributed by atoms with van der Waals surface area (Å²) in [6.45, 7) is 5.77. The standard InChI is InChI=1S/C7H11N3O2/c1-2-4-9-5-3-8-7(9)6-10(11)12/h2,6,8H,1,3-5H2/b7-6-. The van der Waals surface area contributed by atoms with Crippen LogP contribution in [0.1, 0.15) is 0 Å². The summed E-state index contributed by atoms with van der Waals surface area (Å²) in [5.74, 6) is 0.569. The van der Waals surface area contributed by atoms with Crippen molar-refractivity contribution >= 4 is 0 Å². The fourth-order valence-electron chi connectivity index (χ4n) is 1.12. The molecule has 0 spiro atoms. The number of nitro groups is 1. The Morgan fingerprint density at radius 3 is 3.17 bits per heavy atom. The van der Waals surface area contributed by atoms with E-state index in [0.717, 1.165) is 19.3 Å². The molecule has 66 valence electrons. The van der Waals surface area contributed by atoms with Crippen LogP contribution in [0.25, 0.3) is 0 Å². The van der Waals surface area contributed by atoms with Crippen LogP contribution in [0.5, 0.6) is 0 Å². The van der Waals surface area contributed by atoms with Crippen LogP contribution in [0, 0.1) is 10.1 Å². The molecule has 0 aromatic heterocycles. The lowest BCUT2D eigenvalue weighted by molar-refractivity contribution is -0.404. The normalized spacial score (nSPS) is 19.3. The molecule has 1 rings (SSSR count). The Morgan fingerprint density at radius 2 is 2.58 bits per heavy atom. The van der Waals surface area contributed by atoms with E-state index in [1.807, 2.05) is 4.90 Å². The maximum atomic E-state index is 10.1. The van der Waals surface area contributed by atoms with Gasteiger partial charge in [-0.1, -0.05) is 6.08 Å². The summed E-state index contributed by atoms with van der Waals surface area (Å²) < 4.78 is 0. The van der Waals surface area contributed by atoms with Crippen molar-refractivity contribution in [2.75, 3.05) is 19.6 Å². The fourth-order valence-corrected chi connectivity index (χ4v) is 1.12. The van der Waals surface area contributed by atoms with Gasteiger partial charge in [-0.3, -0.25) is 10.1 Å². The molecule has 0 radical (unpaired) electrons. The SMILES string of the molecule is C=CCN1CCN/C1=C/[N+](=O)[O-]. The molecule has 1 N–H and O–H groups in total. The summed E-state index contributed by atoms with van der Waals surface area (Å²) in [4.78, 5) is 11.6. The van der Waals surface area contributed by atoms with Gasteiger partial charge in [0.2, 0.25) is 0 Å². The van der Waals surface area contributed by atoms with Crippen LogP contribution in [0.2, 0.25) is 0 Å². The highest BCUT2D eigenvalue weighted by Crippen LogP contribution is 2.05. The molecule has 0 amide bonds. The van der Waals surface area contributed by atoms with Crippen molar-refractivity contribution in [1.82, 2.24) is 10.2 Å². The van der Waals surface area contributed by atoms with Crippen molar-refractivity contribution in [3.63, 3.8) is 0 Å². The molecule has 1 heterocycles. The Balaban J connectivity index is 2.62. The van der Waals surface area contributed by atoms with Gasteiger partial charge in [0.25, 0.3) is 6.20 Å². The number of hydrogen-bond donors (Lipinski definition) is 1. The summed E-state index contributed by atoms with van der Waals surface area (Å²) in [7, 11) is 0. The first-order chi connectivity index (χ1) is 5.74. The average Bonchev–Trinajstić information content (AvgIpc) is 2.37. The lowest BCUT2D eigenvalue weighted by Gasteiger charge is -2.13. The van der Waals surface area contributed by atoms with Gasteiger partial charge in [-0.2, -0.15) is 0 Å². The Hall–Kier alpha value is -1.52. The molecule has 1 saturated heterocycles. The van der Waals surface area contributed by atoms with E-state index in [9.17, 15) is 10.1 Å². The van der Waals surface area contributed by atoms with E-state index < -0.39 is 4.92 Å². The monoisotopic (exact) mass is 169 g/mol. The minimum Gasteiger partial charge on any atom is -0.365 e. The van der Waals surface area contributed by atoms with Crippen LogP contribution in [0.3, 0.4) is 0 Å². The van der Waals surface area contributed by atoms with Gasteiger partial charge < -0.3 is 10.2 Å². The lowest BCUT2D eigenvalue weighted by Crippen LogP contribution is -2.20. The lowest BCUT2D eigenvalue weighted by atomic mass is 10.5. The van der Waals surface area contributed by atoms with Crippen LogP contribution in [-0.2, 0) is 0 Å². The maximum Gasteiger partial charge on any atom is 0.274 e. The highest BCUT2D eigenvalue weighted by molar-refractivity contribution is 5.01. The highest BCUT2D eigenvalue weighted by Gasteiger charge is 2.17. The first-order valence-electron chi connectivity index (χ1n) is 3.69. The molecule has 5 nitrogen and oxygen atoms in total. The molecule has 12 heavy (non-hydrogen) atoms. The quantitative estimate of drug-likeness (QED) is 0.371. The molecule has 1 aliphatic rings. The second-order valence-corrected chi connectivity index (χ2v) is 2.46. The van der Waals surface area contributed by atoms with E-state index in [0.29, 0.717) is 12.4 Å². The fraction of sp³-hybridized carbons (Fsp3) is 0.429. The van der Waals surface area contributed by atoms with Crippen molar-refractivity contribution in [3.8, 4) is 0 Å². The first kappa shape index (κ1) is 8.58. The third-order valence-corrected chi connectivity index (χ3v) is 1.61. The zero-order valence-electron chi connectivity index (χ0n) is 6.69. The third-order valence-electron chi connectivity index (χ3n) is 1.61. The van der Waals surface area contributed by atoms with Gasteiger partial charge in [0, 0.05) is 19.6 Å². The molecule has 1 fully saturated rings. The van der Waals surface area contributed by atoms with Gasteiger partial charge >= 0.3 is 0 Å². The molecule has 0 saturated carbocycles. The predicted molar refractivity (Wildman–Crippen MR) is 44.9 cm³/mol. The molecule has 1 aliphatic heterocycles. The molecule has 0 aliphatic carbocycles. The summed E-state index contributed by atoms with van der Waals surface area (Å²) in [5, 5.41) is 13.1. The Labute approximate surface area is 70.5 Å². The van der Waals surface area contributed by atoms with Crippen molar-refractivity contribution in [1.29, 1.82) is 0 Å². The van der Waals surface area contributed by atoms with E-state index in [2.05, 4.69) is 11.9 Å². The van der Waals surface area contributed by atoms with E-state index in [4.69, 9.17) is 0 Å². The van der Waals surface area contributed by atoms with E-state index in [-0.39, 0.29) is 0 Å². The summed E-state index contributed by atoms with van der Waals surface area (Å²) in [5.41, 5.74) is 0. The maximum absolute atomic E-state index is 10.1. The van der Waals surface area contributed by atoms with Gasteiger partial charge in [-0.25, -0.2) is 0 Å². The number of hydrogen-bond acceptors (Lipinski definition) is 4. The molecular weight excluding hydrogens is 158 g/mol. The molecule has 0 unspecified atom stereocenters. The van der Waals surface area contributed by atoms with Crippen molar-refractivity contribution < 1.29 is 4.92 Å². The highest BCUT2D eigenvalue weighted by atomic mass is 16.6. The molecule has 5 heteroatoms. The largest absolute Gasteiger partial charge is 0.365 e. The average molecular weight is 169 g/mol. The number of rotatable bonds is 3. The summed E-state index contributed by atoms with van der Waals surface area (Å²) in [6.07, 6.45) is 2.71. The van der Waals surface area contributed by atoms with E-state index >= 15 is 0 Å². The number of nitrogens with zero attached hydrogens (tertiary/aromatic N) is 2. The molecule has 0 aromatic rings. The minimum absolute atomic E-state index is 0.455. The van der Waals surface area contributed by atoms with Gasteiger partial charge in [-0.15, -0.1) is 6.58 Å². The van der Waals surface area contributed by atoms with Gasteiger partial charge in [0.05, 0.1) is 4.92 Å². The van der Waals surface area contributed by atoms with E-state index in [1.54, 1.807) is 6.08 Å². The molecule has 0 bridgehead atoms. The van der Waals surface area contributed by atoms with Gasteiger partial charge in [0.1, 0.15) is 0 Å². The third kappa shape index (κ3) is 1.98. The van der Waals surface area contributed by atoms with Crippen molar-refractivity contribution in [2.24, 2.45) is 0 Å². The van der Waals surface area contributed by atoms with Gasteiger partial charge in [-0.05, 0) is 0 Å². The molecule has 0 atom stereocenters. The Morgan fingerprint density at radius 1 is 1.83 bits per heavy atom. The molecular formula is C7H11N3O2. The van der Waals surface area contributed by atoms with Crippen LogP contribution in [0.15, 0.2) is 24.7 Å². The van der Waals surface area contributed by atoms with Crippen LogP contribution >= 0.6 is 0 Å². The first-order valence-corrected chi connectivity index (χ1v) is 3.69. The topological polar surface area (TPSA) is 58.4 Å². The Bertz CT molecular complexity index is 225. The van der Waals surface area contributed by atoms with E-state index in [1.165, 1.54) is 0 Å². The molecule has 0 aromatic carbocycles. The summed E-state index contributed by atoms with van der Waals surface area (Å²) in [6, 6.07) is 0. The zero-order valence-corrected chi connectivity index (χ0v) is 6.69. The van der Waals surface area contributed by atoms with Crippen molar-refractivity contribution in [3.05, 3.63) is 34.8 Å². The Kier molecular flexibility index (Phi) is 2.68. The zero-order chi connectivity index (χ0) is 8.97. The minimum atomic E-state index is -0.455. The van der Waals surface area contributed by atoms with Crippen LogP contribution < -0.4 is 5.32 Å². The van der Waals surface area contributed by atoms with Gasteiger partial charge in [0.15, 0.2) is 5.82 Å². The van der Waals surface area contributed by atoms with Crippen molar-refractivity contribution in [2.45, 2.75) is 0 Å². The van der Waals surface area contributed by atoms with Crippen LogP contribution in [-0.4, -0.2) is 29.5 Å². The van der Waals surface area contributed by atoms with Crippen LogP contribution in [0.4, 0.5) is 0 Å². The predicted octanol–water partition coefficient (Wildman–Crippen LogP) is 0.153. The summed E-state index contributed by atoms with van der Waals surface area (Å²) >= 11 is 0. The smallest absolute Gasteiger partial charge is 0.274 e. The second kappa shape index (κ2) is 3.75.